The number of nitrogens with zero attached hydrogens (tertiary/aromatic N) is 3. The van der Waals surface area contributed by atoms with E-state index in [2.05, 4.69) is 27.1 Å². The van der Waals surface area contributed by atoms with E-state index in [1.807, 2.05) is 0 Å². The van der Waals surface area contributed by atoms with Gasteiger partial charge in [0.2, 0.25) is 0 Å². The van der Waals surface area contributed by atoms with E-state index in [0.717, 1.165) is 26.2 Å². The molecule has 5 heteroatoms. The van der Waals surface area contributed by atoms with Crippen molar-refractivity contribution in [2.24, 2.45) is 5.73 Å². The van der Waals surface area contributed by atoms with Gasteiger partial charge in [0, 0.05) is 71.5 Å². The molecule has 2 fully saturated rings. The molecule has 2 aliphatic rings. The Morgan fingerprint density at radius 1 is 1.12 bits per heavy atom. The summed E-state index contributed by atoms with van der Waals surface area (Å²) in [4.78, 5) is 7.54. The molecule has 100 valence electrons. The number of hydrogen-bond acceptors (Lipinski definition) is 5. The van der Waals surface area contributed by atoms with E-state index in [1.54, 1.807) is 0 Å². The number of piperazine rings is 2. The van der Waals surface area contributed by atoms with Crippen molar-refractivity contribution in [2.45, 2.75) is 6.04 Å². The molecule has 0 amide bonds. The normalized spacial score (nSPS) is 29.6. The van der Waals surface area contributed by atoms with Crippen molar-refractivity contribution in [3.8, 4) is 0 Å². The van der Waals surface area contributed by atoms with Crippen LogP contribution in [-0.4, -0.2) is 93.2 Å². The van der Waals surface area contributed by atoms with E-state index in [9.17, 15) is 0 Å². The van der Waals surface area contributed by atoms with Gasteiger partial charge in [-0.2, -0.15) is 0 Å². The van der Waals surface area contributed by atoms with Crippen LogP contribution in [0, 0.1) is 0 Å². The predicted octanol–water partition coefficient (Wildman–Crippen LogP) is -1.53. The highest BCUT2D eigenvalue weighted by molar-refractivity contribution is 4.81. The van der Waals surface area contributed by atoms with Gasteiger partial charge in [0.1, 0.15) is 0 Å². The second-order valence-electron chi connectivity index (χ2n) is 5.27. The van der Waals surface area contributed by atoms with Crippen molar-refractivity contribution >= 4 is 0 Å². The summed E-state index contributed by atoms with van der Waals surface area (Å²) in [5.41, 5.74) is 5.82. The summed E-state index contributed by atoms with van der Waals surface area (Å²) in [6.07, 6.45) is 0. The van der Waals surface area contributed by atoms with Gasteiger partial charge >= 0.3 is 0 Å². The maximum atomic E-state index is 5.82. The molecule has 0 bridgehead atoms. The Bertz CT molecular complexity index is 215. The topological polar surface area (TPSA) is 47.8 Å². The van der Waals surface area contributed by atoms with Crippen LogP contribution in [0.1, 0.15) is 0 Å². The number of nitrogens with one attached hydrogen (secondary N) is 1. The van der Waals surface area contributed by atoms with Crippen LogP contribution in [0.25, 0.3) is 0 Å². The third kappa shape index (κ3) is 3.89. The third-order valence-corrected chi connectivity index (χ3v) is 4.04. The van der Waals surface area contributed by atoms with Crippen molar-refractivity contribution in [3.05, 3.63) is 0 Å². The van der Waals surface area contributed by atoms with Gasteiger partial charge in [-0.25, -0.2) is 0 Å². The standard InChI is InChI=1S/C12H27N5/c1-15-4-6-16(7-5-15)8-9-17-3-2-14-11-12(17)10-13/h12,14H,2-11,13H2,1H3. The van der Waals surface area contributed by atoms with Gasteiger partial charge in [-0.05, 0) is 7.05 Å². The summed E-state index contributed by atoms with van der Waals surface area (Å²) < 4.78 is 0. The summed E-state index contributed by atoms with van der Waals surface area (Å²) in [6, 6.07) is 0.538. The fourth-order valence-corrected chi connectivity index (χ4v) is 2.67. The van der Waals surface area contributed by atoms with Crippen molar-refractivity contribution in [3.63, 3.8) is 0 Å². The minimum absolute atomic E-state index is 0.538. The molecule has 17 heavy (non-hydrogen) atoms. The van der Waals surface area contributed by atoms with Crippen LogP contribution in [-0.2, 0) is 0 Å². The Morgan fingerprint density at radius 3 is 2.59 bits per heavy atom. The molecule has 0 saturated carbocycles. The van der Waals surface area contributed by atoms with Crippen LogP contribution in [0.15, 0.2) is 0 Å². The van der Waals surface area contributed by atoms with Gasteiger partial charge in [-0.3, -0.25) is 9.80 Å². The van der Waals surface area contributed by atoms with E-state index in [-0.39, 0.29) is 0 Å². The molecular weight excluding hydrogens is 214 g/mol. The third-order valence-electron chi connectivity index (χ3n) is 4.04. The lowest BCUT2D eigenvalue weighted by Gasteiger charge is -2.38. The first-order chi connectivity index (χ1) is 8.29. The van der Waals surface area contributed by atoms with Crippen LogP contribution in [0.5, 0.6) is 0 Å². The molecule has 2 saturated heterocycles. The lowest BCUT2D eigenvalue weighted by Crippen LogP contribution is -2.56. The van der Waals surface area contributed by atoms with E-state index < -0.39 is 0 Å². The van der Waals surface area contributed by atoms with Gasteiger partial charge in [0.15, 0.2) is 0 Å². The summed E-state index contributed by atoms with van der Waals surface area (Å²) in [7, 11) is 2.21. The Balaban J connectivity index is 1.69. The molecule has 0 aliphatic carbocycles. The Kier molecular flexibility index (Phi) is 5.18. The maximum Gasteiger partial charge on any atom is 0.0344 e. The number of rotatable bonds is 4. The van der Waals surface area contributed by atoms with Crippen LogP contribution in [0.4, 0.5) is 0 Å². The Labute approximate surface area is 105 Å². The molecule has 0 aromatic rings. The average Bonchev–Trinajstić information content (AvgIpc) is 2.38. The summed E-state index contributed by atoms with van der Waals surface area (Å²) in [5, 5.41) is 3.42. The van der Waals surface area contributed by atoms with E-state index in [1.165, 1.54) is 39.3 Å². The zero-order chi connectivity index (χ0) is 12.1. The monoisotopic (exact) mass is 241 g/mol. The molecule has 2 rings (SSSR count). The molecule has 1 atom stereocenters. The van der Waals surface area contributed by atoms with Crippen LogP contribution in [0.3, 0.4) is 0 Å². The number of hydrogen-bond donors (Lipinski definition) is 2. The Morgan fingerprint density at radius 2 is 1.88 bits per heavy atom. The van der Waals surface area contributed by atoms with Crippen molar-refractivity contribution < 1.29 is 0 Å². The highest BCUT2D eigenvalue weighted by atomic mass is 15.3. The molecule has 5 nitrogen and oxygen atoms in total. The van der Waals surface area contributed by atoms with Crippen molar-refractivity contribution in [2.75, 3.05) is 72.5 Å². The predicted molar refractivity (Wildman–Crippen MR) is 71.2 cm³/mol. The molecule has 0 aromatic heterocycles. The van der Waals surface area contributed by atoms with Gasteiger partial charge in [-0.15, -0.1) is 0 Å². The molecule has 0 aromatic carbocycles. The fourth-order valence-electron chi connectivity index (χ4n) is 2.67. The second kappa shape index (κ2) is 6.66. The molecule has 0 radical (unpaired) electrons. The molecule has 2 heterocycles. The van der Waals surface area contributed by atoms with Gasteiger partial charge < -0.3 is 16.0 Å². The first kappa shape index (κ1) is 13.2. The van der Waals surface area contributed by atoms with Gasteiger partial charge in [0.05, 0.1) is 0 Å². The summed E-state index contributed by atoms with van der Waals surface area (Å²) in [6.45, 7) is 11.3. The van der Waals surface area contributed by atoms with Crippen LogP contribution < -0.4 is 11.1 Å². The van der Waals surface area contributed by atoms with Gasteiger partial charge in [0.25, 0.3) is 0 Å². The minimum atomic E-state index is 0.538. The zero-order valence-corrected chi connectivity index (χ0v) is 11.1. The number of likely N-dealkylation sites (N-methyl/N-ethyl adjacent to an activating group) is 1. The van der Waals surface area contributed by atoms with Crippen LogP contribution >= 0.6 is 0 Å². The lowest BCUT2D eigenvalue weighted by atomic mass is 10.2. The fraction of sp³-hybridized carbons (Fsp3) is 1.00. The average molecular weight is 241 g/mol. The van der Waals surface area contributed by atoms with Crippen LogP contribution in [0.2, 0.25) is 0 Å². The molecule has 0 spiro atoms. The van der Waals surface area contributed by atoms with E-state index in [0.29, 0.717) is 6.04 Å². The highest BCUT2D eigenvalue weighted by Crippen LogP contribution is 2.04. The highest BCUT2D eigenvalue weighted by Gasteiger charge is 2.21. The van der Waals surface area contributed by atoms with E-state index in [4.69, 9.17) is 5.73 Å². The lowest BCUT2D eigenvalue weighted by molar-refractivity contribution is 0.110. The SMILES string of the molecule is CN1CCN(CCN2CCNCC2CN)CC1. The quantitative estimate of drug-likeness (QED) is 0.625. The number of nitrogens with two attached hydrogens (primary N) is 1. The maximum absolute atomic E-state index is 5.82. The summed E-state index contributed by atoms with van der Waals surface area (Å²) in [5.74, 6) is 0. The largest absolute Gasteiger partial charge is 0.329 e. The van der Waals surface area contributed by atoms with Crippen molar-refractivity contribution in [1.29, 1.82) is 0 Å². The molecular formula is C12H27N5. The minimum Gasteiger partial charge on any atom is -0.329 e. The Hall–Kier alpha value is -0.200. The molecule has 1 unspecified atom stereocenters. The van der Waals surface area contributed by atoms with E-state index >= 15 is 0 Å². The first-order valence-electron chi connectivity index (χ1n) is 6.85. The second-order valence-corrected chi connectivity index (χ2v) is 5.27. The molecule has 2 aliphatic heterocycles. The van der Waals surface area contributed by atoms with Gasteiger partial charge in [-0.1, -0.05) is 0 Å². The zero-order valence-electron chi connectivity index (χ0n) is 11.1. The smallest absolute Gasteiger partial charge is 0.0344 e. The van der Waals surface area contributed by atoms with Crippen molar-refractivity contribution in [1.82, 2.24) is 20.0 Å². The summed E-state index contributed by atoms with van der Waals surface area (Å²) >= 11 is 0. The molecule has 3 N–H and O–H groups in total. The first-order valence-corrected chi connectivity index (χ1v) is 6.85.